The van der Waals surface area contributed by atoms with Crippen molar-refractivity contribution < 1.29 is 13.2 Å². The summed E-state index contributed by atoms with van der Waals surface area (Å²) in [5.74, 6) is 0.148. The zero-order valence-corrected chi connectivity index (χ0v) is 10.2. The molecule has 17 heavy (non-hydrogen) atoms. The van der Waals surface area contributed by atoms with Crippen LogP contribution in [0.1, 0.15) is 11.3 Å². The Balaban J connectivity index is 3.10. The topological polar surface area (TPSA) is 42.1 Å². The number of hydrogen-bond acceptors (Lipinski definition) is 3. The molecule has 0 aromatic carbocycles. The third-order valence-electron chi connectivity index (χ3n) is 2.06. The molecule has 0 fully saturated rings. The zero-order valence-electron chi connectivity index (χ0n) is 9.38. The molecule has 0 spiro atoms. The van der Waals surface area contributed by atoms with Crippen molar-refractivity contribution in [1.82, 2.24) is 4.98 Å². The van der Waals surface area contributed by atoms with Crippen molar-refractivity contribution in [1.29, 1.82) is 0 Å². The first kappa shape index (κ1) is 13.7. The summed E-state index contributed by atoms with van der Waals surface area (Å²) >= 11 is 4.78. The van der Waals surface area contributed by atoms with E-state index >= 15 is 0 Å². The van der Waals surface area contributed by atoms with Crippen molar-refractivity contribution in [3.63, 3.8) is 0 Å². The van der Waals surface area contributed by atoms with Gasteiger partial charge in [-0.05, 0) is 19.1 Å². The second-order valence-electron chi connectivity index (χ2n) is 3.66. The second-order valence-corrected chi connectivity index (χ2v) is 4.10. The normalized spacial score (nSPS) is 11.4. The summed E-state index contributed by atoms with van der Waals surface area (Å²) in [5, 5.41) is 0. The van der Waals surface area contributed by atoms with Gasteiger partial charge in [-0.15, -0.1) is 0 Å². The van der Waals surface area contributed by atoms with Crippen LogP contribution in [0.4, 0.5) is 19.0 Å². The quantitative estimate of drug-likeness (QED) is 0.847. The minimum Gasteiger partial charge on any atom is -0.389 e. The molecule has 2 N–H and O–H groups in total. The van der Waals surface area contributed by atoms with Crippen molar-refractivity contribution >= 4 is 23.0 Å². The summed E-state index contributed by atoms with van der Waals surface area (Å²) < 4.78 is 36.9. The molecule has 0 amide bonds. The molecule has 0 atom stereocenters. The molecule has 1 rings (SSSR count). The highest BCUT2D eigenvalue weighted by Crippen LogP contribution is 2.22. The van der Waals surface area contributed by atoms with Crippen molar-refractivity contribution in [3.05, 3.63) is 23.4 Å². The van der Waals surface area contributed by atoms with Crippen LogP contribution in [0.15, 0.2) is 12.1 Å². The predicted molar refractivity (Wildman–Crippen MR) is 64.2 cm³/mol. The first-order valence-corrected chi connectivity index (χ1v) is 5.17. The highest BCUT2D eigenvalue weighted by molar-refractivity contribution is 7.80. The third kappa shape index (κ3) is 3.85. The highest BCUT2D eigenvalue weighted by atomic mass is 32.1. The number of halogens is 3. The maximum absolute atomic E-state index is 12.3. The molecule has 0 saturated heterocycles. The Morgan fingerprint density at radius 3 is 2.53 bits per heavy atom. The Kier molecular flexibility index (Phi) is 3.92. The van der Waals surface area contributed by atoms with E-state index < -0.39 is 12.7 Å². The fraction of sp³-hybridized carbons (Fsp3) is 0.400. The highest BCUT2D eigenvalue weighted by Gasteiger charge is 2.30. The monoisotopic (exact) mass is 263 g/mol. The summed E-state index contributed by atoms with van der Waals surface area (Å²) in [5.41, 5.74) is 6.40. The SMILES string of the molecule is Cc1ccc(C(N)=S)c(N(C)CC(F)(F)F)n1. The number of nitrogens with two attached hydrogens (primary N) is 1. The molecule has 7 heteroatoms. The van der Waals surface area contributed by atoms with Crippen molar-refractivity contribution in [2.24, 2.45) is 5.73 Å². The van der Waals surface area contributed by atoms with E-state index in [-0.39, 0.29) is 10.8 Å². The average molecular weight is 263 g/mol. The van der Waals surface area contributed by atoms with Gasteiger partial charge in [-0.3, -0.25) is 0 Å². The molecule has 0 aliphatic carbocycles. The van der Waals surface area contributed by atoms with Gasteiger partial charge in [-0.25, -0.2) is 4.98 Å². The van der Waals surface area contributed by atoms with Gasteiger partial charge < -0.3 is 10.6 Å². The van der Waals surface area contributed by atoms with Crippen LogP contribution in [-0.4, -0.2) is 29.7 Å². The molecule has 0 saturated carbocycles. The lowest BCUT2D eigenvalue weighted by Crippen LogP contribution is -2.33. The maximum Gasteiger partial charge on any atom is 0.405 e. The number of thiocarbonyl (C=S) groups is 1. The van der Waals surface area contributed by atoms with E-state index in [9.17, 15) is 13.2 Å². The van der Waals surface area contributed by atoms with E-state index in [4.69, 9.17) is 18.0 Å². The molecular weight excluding hydrogens is 251 g/mol. The zero-order chi connectivity index (χ0) is 13.2. The molecule has 0 aliphatic rings. The van der Waals surface area contributed by atoms with Gasteiger partial charge in [0.05, 0.1) is 5.56 Å². The van der Waals surface area contributed by atoms with E-state index in [2.05, 4.69) is 4.98 Å². The summed E-state index contributed by atoms with van der Waals surface area (Å²) in [6.07, 6.45) is -4.30. The van der Waals surface area contributed by atoms with Crippen LogP contribution in [0, 0.1) is 6.92 Å². The van der Waals surface area contributed by atoms with E-state index in [1.54, 1.807) is 19.1 Å². The van der Waals surface area contributed by atoms with Crippen LogP contribution < -0.4 is 10.6 Å². The Morgan fingerprint density at radius 1 is 1.47 bits per heavy atom. The molecule has 0 bridgehead atoms. The summed E-state index contributed by atoms with van der Waals surface area (Å²) in [6, 6.07) is 3.23. The Bertz CT molecular complexity index is 431. The smallest absolute Gasteiger partial charge is 0.389 e. The number of aryl methyl sites for hydroxylation is 1. The standard InChI is InChI=1S/C10H12F3N3S/c1-6-3-4-7(8(14)17)9(15-6)16(2)5-10(11,12)13/h3-4H,5H2,1-2H3,(H2,14,17). The predicted octanol–water partition coefficient (Wildman–Crippen LogP) is 2.02. The van der Waals surface area contributed by atoms with Gasteiger partial charge in [0.1, 0.15) is 17.4 Å². The van der Waals surface area contributed by atoms with Gasteiger partial charge in [0.2, 0.25) is 0 Å². The second kappa shape index (κ2) is 4.87. The number of rotatable bonds is 3. The lowest BCUT2D eigenvalue weighted by atomic mass is 10.2. The first-order chi connectivity index (χ1) is 7.70. The van der Waals surface area contributed by atoms with Crippen LogP contribution in [0.25, 0.3) is 0 Å². The maximum atomic E-state index is 12.3. The molecule has 94 valence electrons. The van der Waals surface area contributed by atoms with Gasteiger partial charge in [-0.2, -0.15) is 13.2 Å². The first-order valence-electron chi connectivity index (χ1n) is 4.76. The number of nitrogens with zero attached hydrogens (tertiary/aromatic N) is 2. The largest absolute Gasteiger partial charge is 0.405 e. The van der Waals surface area contributed by atoms with Gasteiger partial charge in [0.15, 0.2) is 0 Å². The minimum atomic E-state index is -4.30. The van der Waals surface area contributed by atoms with Crippen LogP contribution >= 0.6 is 12.2 Å². The minimum absolute atomic E-state index is 0.0292. The molecule has 0 unspecified atom stereocenters. The van der Waals surface area contributed by atoms with E-state index in [0.717, 1.165) is 4.90 Å². The van der Waals surface area contributed by atoms with Gasteiger partial charge in [-0.1, -0.05) is 12.2 Å². The van der Waals surface area contributed by atoms with Gasteiger partial charge >= 0.3 is 6.18 Å². The van der Waals surface area contributed by atoms with Crippen molar-refractivity contribution in [2.45, 2.75) is 13.1 Å². The molecule has 0 aliphatic heterocycles. The number of aromatic nitrogens is 1. The Morgan fingerprint density at radius 2 is 2.06 bits per heavy atom. The van der Waals surface area contributed by atoms with Crippen molar-refractivity contribution in [2.75, 3.05) is 18.5 Å². The number of pyridine rings is 1. The lowest BCUT2D eigenvalue weighted by molar-refractivity contribution is -0.119. The molecule has 0 radical (unpaired) electrons. The summed E-state index contributed by atoms with van der Waals surface area (Å²) in [7, 11) is 1.30. The molecule has 1 aromatic heterocycles. The third-order valence-corrected chi connectivity index (χ3v) is 2.28. The number of anilines is 1. The van der Waals surface area contributed by atoms with Crippen LogP contribution in [-0.2, 0) is 0 Å². The molecular formula is C10H12F3N3S. The molecule has 1 heterocycles. The van der Waals surface area contributed by atoms with Crippen molar-refractivity contribution in [3.8, 4) is 0 Å². The van der Waals surface area contributed by atoms with E-state index in [0.29, 0.717) is 11.3 Å². The van der Waals surface area contributed by atoms with Crippen LogP contribution in [0.3, 0.4) is 0 Å². The Hall–Kier alpha value is -1.37. The van der Waals surface area contributed by atoms with E-state index in [1.165, 1.54) is 7.05 Å². The fourth-order valence-corrected chi connectivity index (χ4v) is 1.53. The van der Waals surface area contributed by atoms with Gasteiger partial charge in [0.25, 0.3) is 0 Å². The average Bonchev–Trinajstić information content (AvgIpc) is 2.14. The number of hydrogen-bond donors (Lipinski definition) is 1. The van der Waals surface area contributed by atoms with Crippen LogP contribution in [0.2, 0.25) is 0 Å². The fourth-order valence-electron chi connectivity index (χ4n) is 1.37. The number of alkyl halides is 3. The molecule has 1 aromatic rings. The Labute approximate surface area is 102 Å². The van der Waals surface area contributed by atoms with E-state index in [1.807, 2.05) is 0 Å². The summed E-state index contributed by atoms with van der Waals surface area (Å²) in [4.78, 5) is 5.05. The lowest BCUT2D eigenvalue weighted by Gasteiger charge is -2.22. The van der Waals surface area contributed by atoms with Gasteiger partial charge in [0, 0.05) is 12.7 Å². The van der Waals surface area contributed by atoms with Crippen LogP contribution in [0.5, 0.6) is 0 Å². The summed E-state index contributed by atoms with van der Waals surface area (Å²) in [6.45, 7) is 0.591. The molecule has 3 nitrogen and oxygen atoms in total.